The van der Waals surface area contributed by atoms with Crippen molar-refractivity contribution in [3.8, 4) is 0 Å². The van der Waals surface area contributed by atoms with Crippen LogP contribution in [0, 0.1) is 11.8 Å². The molecule has 0 aromatic carbocycles. The zero-order valence-electron chi connectivity index (χ0n) is 12.0. The van der Waals surface area contributed by atoms with Gasteiger partial charge in [0, 0.05) is 26.6 Å². The van der Waals surface area contributed by atoms with E-state index in [0.717, 1.165) is 12.8 Å². The molecule has 0 aromatic rings. The van der Waals surface area contributed by atoms with Gasteiger partial charge in [0.25, 0.3) is 0 Å². The minimum atomic E-state index is -0.936. The van der Waals surface area contributed by atoms with Gasteiger partial charge in [0.1, 0.15) is 6.04 Å². The van der Waals surface area contributed by atoms with E-state index in [1.54, 1.807) is 7.05 Å². The van der Waals surface area contributed by atoms with Crippen LogP contribution < -0.4 is 0 Å². The molecule has 3 unspecified atom stereocenters. The van der Waals surface area contributed by atoms with Gasteiger partial charge in [0.2, 0.25) is 11.8 Å². The molecular formula is C14H22N2O4. The van der Waals surface area contributed by atoms with Crippen LogP contribution in [0.25, 0.3) is 0 Å². The van der Waals surface area contributed by atoms with Crippen LogP contribution in [0.5, 0.6) is 0 Å². The molecule has 2 saturated heterocycles. The summed E-state index contributed by atoms with van der Waals surface area (Å²) in [7, 11) is 1.67. The summed E-state index contributed by atoms with van der Waals surface area (Å²) in [6.45, 7) is 2.94. The molecule has 0 spiro atoms. The van der Waals surface area contributed by atoms with Crippen molar-refractivity contribution in [2.24, 2.45) is 11.8 Å². The Labute approximate surface area is 118 Å². The first-order valence-electron chi connectivity index (χ1n) is 7.21. The van der Waals surface area contributed by atoms with Crippen LogP contribution in [0.2, 0.25) is 0 Å². The van der Waals surface area contributed by atoms with Gasteiger partial charge in [-0.25, -0.2) is 4.79 Å². The summed E-state index contributed by atoms with van der Waals surface area (Å²) in [5.41, 5.74) is 0. The maximum atomic E-state index is 12.5. The molecule has 6 heteroatoms. The maximum absolute atomic E-state index is 12.5. The first-order chi connectivity index (χ1) is 9.43. The van der Waals surface area contributed by atoms with E-state index < -0.39 is 12.0 Å². The number of carbonyl (C=O) groups excluding carboxylic acids is 2. The number of hydrogen-bond acceptors (Lipinski definition) is 3. The average Bonchev–Trinajstić information content (AvgIpc) is 2.77. The zero-order valence-corrected chi connectivity index (χ0v) is 12.0. The van der Waals surface area contributed by atoms with E-state index in [2.05, 4.69) is 0 Å². The maximum Gasteiger partial charge on any atom is 0.326 e. The second-order valence-electron chi connectivity index (χ2n) is 5.86. The highest BCUT2D eigenvalue weighted by Gasteiger charge is 2.41. The number of hydrogen-bond donors (Lipinski definition) is 1. The molecule has 20 heavy (non-hydrogen) atoms. The van der Waals surface area contributed by atoms with Crippen LogP contribution in [0.3, 0.4) is 0 Å². The Bertz CT molecular complexity index is 423. The average molecular weight is 282 g/mol. The van der Waals surface area contributed by atoms with Crippen LogP contribution >= 0.6 is 0 Å². The van der Waals surface area contributed by atoms with E-state index in [9.17, 15) is 19.5 Å². The second kappa shape index (κ2) is 5.81. The third-order valence-electron chi connectivity index (χ3n) is 4.55. The molecular weight excluding hydrogens is 260 g/mol. The molecule has 2 aliphatic heterocycles. The summed E-state index contributed by atoms with van der Waals surface area (Å²) in [6, 6.07) is -0.734. The summed E-state index contributed by atoms with van der Waals surface area (Å²) in [4.78, 5) is 38.4. The molecule has 0 aromatic heterocycles. The highest BCUT2D eigenvalue weighted by atomic mass is 16.4. The number of nitrogens with zero attached hydrogens (tertiary/aromatic N) is 2. The number of carboxylic acids is 1. The van der Waals surface area contributed by atoms with Crippen molar-refractivity contribution in [2.75, 3.05) is 20.1 Å². The molecule has 112 valence electrons. The second-order valence-corrected chi connectivity index (χ2v) is 5.86. The number of amides is 2. The number of piperidine rings is 1. The molecule has 2 aliphatic rings. The minimum absolute atomic E-state index is 0.0429. The van der Waals surface area contributed by atoms with Crippen LogP contribution in [0.1, 0.15) is 32.6 Å². The highest BCUT2D eigenvalue weighted by molar-refractivity contribution is 5.91. The fourth-order valence-electron chi connectivity index (χ4n) is 3.17. The Hall–Kier alpha value is -1.59. The van der Waals surface area contributed by atoms with Gasteiger partial charge in [-0.3, -0.25) is 9.59 Å². The van der Waals surface area contributed by atoms with E-state index in [1.165, 1.54) is 9.80 Å². The van der Waals surface area contributed by atoms with Crippen molar-refractivity contribution < 1.29 is 19.5 Å². The van der Waals surface area contributed by atoms with Gasteiger partial charge >= 0.3 is 5.97 Å². The first kappa shape index (κ1) is 14.8. The van der Waals surface area contributed by atoms with Crippen LogP contribution in [-0.2, 0) is 14.4 Å². The summed E-state index contributed by atoms with van der Waals surface area (Å²) in [5.74, 6) is -1.17. The number of carbonyl (C=O) groups is 3. The van der Waals surface area contributed by atoms with Gasteiger partial charge in [-0.1, -0.05) is 13.3 Å². The topological polar surface area (TPSA) is 77.9 Å². The Kier molecular flexibility index (Phi) is 4.30. The Balaban J connectivity index is 2.08. The minimum Gasteiger partial charge on any atom is -0.480 e. The molecule has 1 N–H and O–H groups in total. The van der Waals surface area contributed by atoms with E-state index in [4.69, 9.17) is 0 Å². The van der Waals surface area contributed by atoms with E-state index in [-0.39, 0.29) is 24.2 Å². The van der Waals surface area contributed by atoms with Gasteiger partial charge in [0.15, 0.2) is 0 Å². The number of likely N-dealkylation sites (tertiary alicyclic amines) is 2. The summed E-state index contributed by atoms with van der Waals surface area (Å²) < 4.78 is 0. The lowest BCUT2D eigenvalue weighted by molar-refractivity contribution is -0.155. The highest BCUT2D eigenvalue weighted by Crippen LogP contribution is 2.28. The molecule has 6 nitrogen and oxygen atoms in total. The lowest BCUT2D eigenvalue weighted by Crippen LogP contribution is -2.52. The normalized spacial score (nSPS) is 30.7. The van der Waals surface area contributed by atoms with Crippen LogP contribution in [0.15, 0.2) is 0 Å². The van der Waals surface area contributed by atoms with Gasteiger partial charge in [-0.05, 0) is 18.8 Å². The lowest BCUT2D eigenvalue weighted by Gasteiger charge is -2.38. The molecule has 2 rings (SSSR count). The monoisotopic (exact) mass is 282 g/mol. The SMILES string of the molecule is CCC1CCN(C(=O)C2CC(=O)N(C)C2)C(C(=O)O)C1. The van der Waals surface area contributed by atoms with Crippen molar-refractivity contribution in [1.29, 1.82) is 0 Å². The third-order valence-corrected chi connectivity index (χ3v) is 4.55. The molecule has 2 amide bonds. The third kappa shape index (κ3) is 2.78. The Morgan fingerprint density at radius 2 is 2.10 bits per heavy atom. The van der Waals surface area contributed by atoms with Gasteiger partial charge in [-0.2, -0.15) is 0 Å². The summed E-state index contributed by atoms with van der Waals surface area (Å²) in [6.07, 6.45) is 2.52. The summed E-state index contributed by atoms with van der Waals surface area (Å²) >= 11 is 0. The number of rotatable bonds is 3. The molecule has 0 saturated carbocycles. The predicted octanol–water partition coefficient (Wildman–Crippen LogP) is 0.566. The van der Waals surface area contributed by atoms with E-state index >= 15 is 0 Å². The van der Waals surface area contributed by atoms with Crippen molar-refractivity contribution in [2.45, 2.75) is 38.6 Å². The van der Waals surface area contributed by atoms with Gasteiger partial charge < -0.3 is 14.9 Å². The quantitative estimate of drug-likeness (QED) is 0.820. The smallest absolute Gasteiger partial charge is 0.326 e. The zero-order chi connectivity index (χ0) is 14.9. The number of aliphatic carboxylic acids is 1. The molecule has 0 aliphatic carbocycles. The molecule has 2 heterocycles. The Morgan fingerprint density at radius 1 is 1.40 bits per heavy atom. The van der Waals surface area contributed by atoms with Crippen molar-refractivity contribution in [3.63, 3.8) is 0 Å². The molecule has 3 atom stereocenters. The molecule has 0 bridgehead atoms. The van der Waals surface area contributed by atoms with Gasteiger partial charge in [0.05, 0.1) is 5.92 Å². The lowest BCUT2D eigenvalue weighted by atomic mass is 9.88. The number of carboxylic acid groups (broad SMARTS) is 1. The largest absolute Gasteiger partial charge is 0.480 e. The fraction of sp³-hybridized carbons (Fsp3) is 0.786. The molecule has 0 radical (unpaired) electrons. The van der Waals surface area contributed by atoms with Crippen molar-refractivity contribution in [1.82, 2.24) is 9.80 Å². The van der Waals surface area contributed by atoms with Gasteiger partial charge in [-0.15, -0.1) is 0 Å². The molecule has 2 fully saturated rings. The van der Waals surface area contributed by atoms with E-state index in [0.29, 0.717) is 25.4 Å². The first-order valence-corrected chi connectivity index (χ1v) is 7.21. The van der Waals surface area contributed by atoms with Crippen LogP contribution in [0.4, 0.5) is 0 Å². The van der Waals surface area contributed by atoms with E-state index in [1.807, 2.05) is 6.92 Å². The van der Waals surface area contributed by atoms with Crippen molar-refractivity contribution >= 4 is 17.8 Å². The summed E-state index contributed by atoms with van der Waals surface area (Å²) in [5, 5.41) is 9.35. The Morgan fingerprint density at radius 3 is 2.60 bits per heavy atom. The van der Waals surface area contributed by atoms with Crippen molar-refractivity contribution in [3.05, 3.63) is 0 Å². The standard InChI is InChI=1S/C14H22N2O4/c1-3-9-4-5-16(11(6-9)14(19)20)13(18)10-7-12(17)15(2)8-10/h9-11H,3-8H2,1-2H3,(H,19,20). The predicted molar refractivity (Wildman–Crippen MR) is 71.9 cm³/mol. The fourth-order valence-corrected chi connectivity index (χ4v) is 3.17. The van der Waals surface area contributed by atoms with Crippen LogP contribution in [-0.4, -0.2) is 58.9 Å².